The predicted octanol–water partition coefficient (Wildman–Crippen LogP) is 2.92. The molecule has 0 saturated carbocycles. The van der Waals surface area contributed by atoms with E-state index < -0.39 is 0 Å². The van der Waals surface area contributed by atoms with Crippen molar-refractivity contribution in [3.05, 3.63) is 47.2 Å². The molecule has 0 spiro atoms. The van der Waals surface area contributed by atoms with E-state index in [2.05, 4.69) is 22.9 Å². The van der Waals surface area contributed by atoms with Crippen LogP contribution in [0.4, 0.5) is 5.82 Å². The lowest BCUT2D eigenvalue weighted by molar-refractivity contribution is -0.133. The second kappa shape index (κ2) is 10.2. The number of ether oxygens (including phenoxy) is 1. The third-order valence-corrected chi connectivity index (χ3v) is 6.39. The Balaban J connectivity index is 1.51. The lowest BCUT2D eigenvalue weighted by atomic mass is 9.95. The number of carbonyl (C=O) groups excluding carboxylic acids is 1. The summed E-state index contributed by atoms with van der Waals surface area (Å²) in [5, 5.41) is 0. The van der Waals surface area contributed by atoms with E-state index in [1.165, 1.54) is 5.56 Å². The van der Waals surface area contributed by atoms with Gasteiger partial charge in [0.15, 0.2) is 0 Å². The molecule has 2 aromatic rings. The fraction of sp³-hybridized carbons (Fsp3) is 0.583. The molecule has 1 fully saturated rings. The van der Waals surface area contributed by atoms with Gasteiger partial charge in [-0.05, 0) is 44.7 Å². The molecule has 31 heavy (non-hydrogen) atoms. The first-order valence-corrected chi connectivity index (χ1v) is 11.4. The van der Waals surface area contributed by atoms with Crippen molar-refractivity contribution in [2.75, 3.05) is 44.8 Å². The van der Waals surface area contributed by atoms with E-state index in [0.717, 1.165) is 74.8 Å². The third-order valence-electron chi connectivity index (χ3n) is 6.39. The quantitative estimate of drug-likeness (QED) is 0.682. The topological polar surface area (TPSA) is 71.5 Å². The number of aromatic nitrogens is 3. The average Bonchev–Trinajstić information content (AvgIpc) is 2.82. The van der Waals surface area contributed by atoms with E-state index in [0.29, 0.717) is 19.6 Å². The van der Waals surface area contributed by atoms with Gasteiger partial charge in [0.1, 0.15) is 11.6 Å². The summed E-state index contributed by atoms with van der Waals surface area (Å²) in [6, 6.07) is 6.08. The Labute approximate surface area is 184 Å². The molecule has 1 amide bonds. The standard InChI is InChI=1S/C24H33N5O2/c1-18-21-9-6-13-28(15-10-20-8-3-4-12-25-20)24(21)27-23(26-18)19-7-5-14-29(17-19)22(30)11-16-31-2/h3-4,8,12,19H,5-7,9-11,13-17H2,1-2H3. The van der Waals surface area contributed by atoms with E-state index in [1.807, 2.05) is 23.2 Å². The van der Waals surface area contributed by atoms with Crippen LogP contribution < -0.4 is 4.90 Å². The summed E-state index contributed by atoms with van der Waals surface area (Å²) < 4.78 is 5.08. The summed E-state index contributed by atoms with van der Waals surface area (Å²) in [4.78, 5) is 31.3. The fourth-order valence-corrected chi connectivity index (χ4v) is 4.67. The lowest BCUT2D eigenvalue weighted by Gasteiger charge is -2.34. The molecule has 0 aromatic carbocycles. The fourth-order valence-electron chi connectivity index (χ4n) is 4.67. The molecule has 0 radical (unpaired) electrons. The summed E-state index contributed by atoms with van der Waals surface area (Å²) >= 11 is 0. The maximum Gasteiger partial charge on any atom is 0.224 e. The first-order valence-electron chi connectivity index (χ1n) is 11.4. The Morgan fingerprint density at radius 2 is 2.13 bits per heavy atom. The predicted molar refractivity (Wildman–Crippen MR) is 120 cm³/mol. The zero-order chi connectivity index (χ0) is 21.6. The largest absolute Gasteiger partial charge is 0.384 e. The number of piperidine rings is 1. The van der Waals surface area contributed by atoms with Crippen molar-refractivity contribution in [2.45, 2.75) is 51.4 Å². The Bertz CT molecular complexity index is 889. The number of methoxy groups -OCH3 is 1. The number of pyridine rings is 1. The Hall–Kier alpha value is -2.54. The molecular weight excluding hydrogens is 390 g/mol. The second-order valence-electron chi connectivity index (χ2n) is 8.55. The van der Waals surface area contributed by atoms with Crippen molar-refractivity contribution < 1.29 is 9.53 Å². The van der Waals surface area contributed by atoms with Gasteiger partial charge in [-0.2, -0.15) is 0 Å². The van der Waals surface area contributed by atoms with Crippen molar-refractivity contribution in [2.24, 2.45) is 0 Å². The van der Waals surface area contributed by atoms with Crippen LogP contribution in [0.15, 0.2) is 24.4 Å². The molecule has 166 valence electrons. The van der Waals surface area contributed by atoms with Gasteiger partial charge < -0.3 is 14.5 Å². The molecule has 0 N–H and O–H groups in total. The molecule has 1 atom stereocenters. The number of fused-ring (bicyclic) bond motifs is 1. The Morgan fingerprint density at radius 3 is 2.94 bits per heavy atom. The highest BCUT2D eigenvalue weighted by molar-refractivity contribution is 5.76. The Kier molecular flexibility index (Phi) is 7.12. The second-order valence-corrected chi connectivity index (χ2v) is 8.55. The minimum Gasteiger partial charge on any atom is -0.384 e. The number of anilines is 1. The number of likely N-dealkylation sites (tertiary alicyclic amines) is 1. The summed E-state index contributed by atoms with van der Waals surface area (Å²) in [6.45, 7) is 6.03. The molecule has 7 heteroatoms. The van der Waals surface area contributed by atoms with Crippen molar-refractivity contribution in [3.63, 3.8) is 0 Å². The number of hydrogen-bond acceptors (Lipinski definition) is 6. The maximum absolute atomic E-state index is 12.5. The van der Waals surface area contributed by atoms with Crippen LogP contribution in [0, 0.1) is 6.92 Å². The van der Waals surface area contributed by atoms with E-state index in [-0.39, 0.29) is 11.8 Å². The van der Waals surface area contributed by atoms with Crippen LogP contribution in [0.5, 0.6) is 0 Å². The zero-order valence-electron chi connectivity index (χ0n) is 18.7. The van der Waals surface area contributed by atoms with E-state index in [9.17, 15) is 4.79 Å². The van der Waals surface area contributed by atoms with Crippen LogP contribution in [-0.2, 0) is 22.4 Å². The molecule has 2 aromatic heterocycles. The minimum absolute atomic E-state index is 0.165. The molecule has 4 rings (SSSR count). The zero-order valence-corrected chi connectivity index (χ0v) is 18.7. The highest BCUT2D eigenvalue weighted by Gasteiger charge is 2.29. The number of hydrogen-bond donors (Lipinski definition) is 0. The SMILES string of the molecule is COCCC(=O)N1CCCC(c2nc(C)c3c(n2)N(CCc2ccccn2)CCC3)C1. The first-order chi connectivity index (χ1) is 15.2. The lowest BCUT2D eigenvalue weighted by Crippen LogP contribution is -2.40. The van der Waals surface area contributed by atoms with Crippen LogP contribution >= 0.6 is 0 Å². The minimum atomic E-state index is 0.165. The number of amides is 1. The van der Waals surface area contributed by atoms with E-state index in [1.54, 1.807) is 7.11 Å². The van der Waals surface area contributed by atoms with Crippen LogP contribution in [0.1, 0.15) is 54.4 Å². The van der Waals surface area contributed by atoms with Crippen LogP contribution in [0.2, 0.25) is 0 Å². The van der Waals surface area contributed by atoms with Crippen molar-refractivity contribution in [3.8, 4) is 0 Å². The first kappa shape index (κ1) is 21.7. The molecular formula is C24H33N5O2. The van der Waals surface area contributed by atoms with E-state index >= 15 is 0 Å². The Morgan fingerprint density at radius 1 is 1.23 bits per heavy atom. The van der Waals surface area contributed by atoms with Gasteiger partial charge in [0.25, 0.3) is 0 Å². The molecule has 1 unspecified atom stereocenters. The summed E-state index contributed by atoms with van der Waals surface area (Å²) in [5.41, 5.74) is 3.48. The number of rotatable bonds is 7. The molecule has 4 heterocycles. The highest BCUT2D eigenvalue weighted by atomic mass is 16.5. The smallest absolute Gasteiger partial charge is 0.224 e. The van der Waals surface area contributed by atoms with Crippen LogP contribution in [0.25, 0.3) is 0 Å². The van der Waals surface area contributed by atoms with Gasteiger partial charge in [0, 0.05) is 68.8 Å². The monoisotopic (exact) mass is 423 g/mol. The summed E-state index contributed by atoms with van der Waals surface area (Å²) in [6.07, 6.45) is 7.38. The molecule has 7 nitrogen and oxygen atoms in total. The van der Waals surface area contributed by atoms with Crippen molar-refractivity contribution >= 4 is 11.7 Å². The number of nitrogens with zero attached hydrogens (tertiary/aromatic N) is 5. The molecule has 0 bridgehead atoms. The van der Waals surface area contributed by atoms with Gasteiger partial charge in [-0.3, -0.25) is 9.78 Å². The highest BCUT2D eigenvalue weighted by Crippen LogP contribution is 2.31. The summed E-state index contributed by atoms with van der Waals surface area (Å²) in [7, 11) is 1.63. The van der Waals surface area contributed by atoms with Gasteiger partial charge in [-0.25, -0.2) is 9.97 Å². The van der Waals surface area contributed by atoms with Crippen LogP contribution in [-0.4, -0.2) is 65.7 Å². The van der Waals surface area contributed by atoms with E-state index in [4.69, 9.17) is 14.7 Å². The van der Waals surface area contributed by atoms with Crippen LogP contribution in [0.3, 0.4) is 0 Å². The number of carbonyl (C=O) groups is 1. The molecule has 2 aliphatic rings. The van der Waals surface area contributed by atoms with Gasteiger partial charge >= 0.3 is 0 Å². The molecule has 1 saturated heterocycles. The molecule has 0 aliphatic carbocycles. The van der Waals surface area contributed by atoms with Crippen molar-refractivity contribution in [1.82, 2.24) is 19.9 Å². The van der Waals surface area contributed by atoms with Crippen molar-refractivity contribution in [1.29, 1.82) is 0 Å². The van der Waals surface area contributed by atoms with Gasteiger partial charge in [0.2, 0.25) is 5.91 Å². The average molecular weight is 424 g/mol. The molecule has 2 aliphatic heterocycles. The third kappa shape index (κ3) is 5.21. The summed E-state index contributed by atoms with van der Waals surface area (Å²) in [5.74, 6) is 2.35. The van der Waals surface area contributed by atoms with Gasteiger partial charge in [-0.15, -0.1) is 0 Å². The van der Waals surface area contributed by atoms with Gasteiger partial charge in [-0.1, -0.05) is 6.07 Å². The number of aryl methyl sites for hydroxylation is 1. The maximum atomic E-state index is 12.5. The van der Waals surface area contributed by atoms with Gasteiger partial charge in [0.05, 0.1) is 13.0 Å². The normalized spacial score (nSPS) is 18.7.